The minimum Gasteiger partial charge on any atom is -0.388 e. The molecule has 0 atom stereocenters. The highest BCUT2D eigenvalue weighted by Gasteiger charge is 2.33. The molecule has 0 spiro atoms. The molecule has 0 amide bonds. The Balaban J connectivity index is 3.33. The van der Waals surface area contributed by atoms with Gasteiger partial charge in [0, 0.05) is 18.2 Å². The zero-order valence-electron chi connectivity index (χ0n) is 8.63. The zero-order valence-corrected chi connectivity index (χ0v) is 8.63. The van der Waals surface area contributed by atoms with Gasteiger partial charge in [-0.1, -0.05) is 0 Å². The van der Waals surface area contributed by atoms with Crippen molar-refractivity contribution in [2.24, 2.45) is 5.73 Å². The third-order valence-corrected chi connectivity index (χ3v) is 1.86. The third-order valence-electron chi connectivity index (χ3n) is 1.86. The normalized spacial score (nSPS) is 11.4. The van der Waals surface area contributed by atoms with Crippen molar-refractivity contribution < 1.29 is 26.7 Å². The van der Waals surface area contributed by atoms with Crippen molar-refractivity contribution in [1.29, 1.82) is 5.26 Å². The molecule has 1 heterocycles. The Bertz CT molecular complexity index is 480. The van der Waals surface area contributed by atoms with Crippen LogP contribution in [0.4, 0.5) is 22.0 Å². The van der Waals surface area contributed by atoms with E-state index in [2.05, 4.69) is 9.72 Å². The van der Waals surface area contributed by atoms with Crippen LogP contribution in [-0.4, -0.2) is 11.3 Å². The molecule has 1 aromatic heterocycles. The number of alkyl halides is 5. The fourth-order valence-corrected chi connectivity index (χ4v) is 1.21. The molecule has 4 nitrogen and oxygen atoms in total. The highest BCUT2D eigenvalue weighted by Crippen LogP contribution is 2.30. The van der Waals surface area contributed by atoms with Crippen molar-refractivity contribution in [3.05, 3.63) is 22.9 Å². The molecule has 98 valence electrons. The summed E-state index contributed by atoms with van der Waals surface area (Å²) in [5.74, 6) is -1.07. The van der Waals surface area contributed by atoms with Crippen LogP contribution in [0.5, 0.6) is 5.88 Å². The first-order valence-electron chi connectivity index (χ1n) is 4.46. The van der Waals surface area contributed by atoms with Gasteiger partial charge in [-0.2, -0.15) is 5.26 Å². The van der Waals surface area contributed by atoms with E-state index in [-0.39, 0.29) is 5.69 Å². The summed E-state index contributed by atoms with van der Waals surface area (Å²) in [4.78, 5) is 3.27. The van der Waals surface area contributed by atoms with Gasteiger partial charge in [0.15, 0.2) is 0 Å². The summed E-state index contributed by atoms with van der Waals surface area (Å²) < 4.78 is 64.4. The number of hydrogen-bond donors (Lipinski definition) is 1. The molecule has 9 heteroatoms. The average Bonchev–Trinajstić information content (AvgIpc) is 2.25. The van der Waals surface area contributed by atoms with Crippen LogP contribution in [0.2, 0.25) is 0 Å². The van der Waals surface area contributed by atoms with Gasteiger partial charge in [0.2, 0.25) is 5.88 Å². The van der Waals surface area contributed by atoms with E-state index >= 15 is 0 Å². The number of ether oxygens (including phenoxy) is 1. The summed E-state index contributed by atoms with van der Waals surface area (Å²) in [5, 5.41) is 8.66. The number of nitrogens with zero attached hydrogens (tertiary/aromatic N) is 2. The van der Waals surface area contributed by atoms with E-state index in [1.165, 1.54) is 6.07 Å². The maximum Gasteiger partial charge on any atom is 0.574 e. The van der Waals surface area contributed by atoms with Gasteiger partial charge >= 0.3 is 6.36 Å². The summed E-state index contributed by atoms with van der Waals surface area (Å²) in [7, 11) is 0. The van der Waals surface area contributed by atoms with Gasteiger partial charge in [0.1, 0.15) is 6.07 Å². The number of nitriles is 1. The molecule has 1 rings (SSSR count). The van der Waals surface area contributed by atoms with Crippen LogP contribution < -0.4 is 10.5 Å². The standard InChI is InChI=1S/C9H6F5N3O/c10-8(11)4-1-7(18-9(12,13)14)17-6(3-16)5(4)2-15/h1,8H,3,16H2. The van der Waals surface area contributed by atoms with Crippen LogP contribution in [0.15, 0.2) is 6.07 Å². The molecule has 0 bridgehead atoms. The Morgan fingerprint density at radius 3 is 2.44 bits per heavy atom. The van der Waals surface area contributed by atoms with Crippen molar-refractivity contribution in [3.8, 4) is 11.9 Å². The second-order valence-corrected chi connectivity index (χ2v) is 3.04. The Hall–Kier alpha value is -1.95. The number of nitrogens with two attached hydrogens (primary N) is 1. The zero-order chi connectivity index (χ0) is 13.9. The summed E-state index contributed by atoms with van der Waals surface area (Å²) >= 11 is 0. The topological polar surface area (TPSA) is 71.9 Å². The monoisotopic (exact) mass is 267 g/mol. The van der Waals surface area contributed by atoms with Gasteiger partial charge in [-0.25, -0.2) is 13.8 Å². The van der Waals surface area contributed by atoms with E-state index in [1.807, 2.05) is 0 Å². The number of rotatable bonds is 3. The second kappa shape index (κ2) is 5.14. The molecule has 0 unspecified atom stereocenters. The summed E-state index contributed by atoms with van der Waals surface area (Å²) in [6.45, 7) is -0.461. The van der Waals surface area contributed by atoms with Crippen LogP contribution >= 0.6 is 0 Å². The largest absolute Gasteiger partial charge is 0.574 e. The first-order chi connectivity index (χ1) is 8.28. The average molecular weight is 267 g/mol. The lowest BCUT2D eigenvalue weighted by Gasteiger charge is -2.12. The lowest BCUT2D eigenvalue weighted by molar-refractivity contribution is -0.276. The molecule has 0 aliphatic heterocycles. The number of halogens is 5. The minimum absolute atomic E-state index is 0.371. The quantitative estimate of drug-likeness (QED) is 0.852. The van der Waals surface area contributed by atoms with Gasteiger partial charge in [-0.15, -0.1) is 13.2 Å². The van der Waals surface area contributed by atoms with E-state index < -0.39 is 36.3 Å². The van der Waals surface area contributed by atoms with E-state index in [0.29, 0.717) is 6.07 Å². The predicted molar refractivity (Wildman–Crippen MR) is 48.5 cm³/mol. The molecule has 0 aliphatic carbocycles. The second-order valence-electron chi connectivity index (χ2n) is 3.04. The minimum atomic E-state index is -5.06. The van der Waals surface area contributed by atoms with Crippen LogP contribution in [0, 0.1) is 11.3 Å². The van der Waals surface area contributed by atoms with Gasteiger partial charge in [0.25, 0.3) is 6.43 Å². The van der Waals surface area contributed by atoms with E-state index in [0.717, 1.165) is 0 Å². The highest BCUT2D eigenvalue weighted by atomic mass is 19.4. The van der Waals surface area contributed by atoms with Crippen molar-refractivity contribution in [2.75, 3.05) is 0 Å². The fourth-order valence-electron chi connectivity index (χ4n) is 1.21. The summed E-state index contributed by atoms with van der Waals surface area (Å²) in [6, 6.07) is 1.80. The smallest absolute Gasteiger partial charge is 0.388 e. The first-order valence-corrected chi connectivity index (χ1v) is 4.46. The Morgan fingerprint density at radius 2 is 2.06 bits per heavy atom. The lowest BCUT2D eigenvalue weighted by atomic mass is 10.1. The molecule has 2 N–H and O–H groups in total. The van der Waals surface area contributed by atoms with Crippen molar-refractivity contribution in [2.45, 2.75) is 19.3 Å². The third kappa shape index (κ3) is 3.27. The Morgan fingerprint density at radius 1 is 1.44 bits per heavy atom. The van der Waals surface area contributed by atoms with Gasteiger partial charge in [0.05, 0.1) is 11.3 Å². The fraction of sp³-hybridized carbons (Fsp3) is 0.333. The Kier molecular flexibility index (Phi) is 4.03. The highest BCUT2D eigenvalue weighted by molar-refractivity contribution is 5.44. The first kappa shape index (κ1) is 14.1. The molecule has 0 radical (unpaired) electrons. The molecular formula is C9H6F5N3O. The van der Waals surface area contributed by atoms with Gasteiger partial charge in [-0.3, -0.25) is 0 Å². The molecule has 0 aliphatic rings. The number of pyridine rings is 1. The van der Waals surface area contributed by atoms with Gasteiger partial charge in [-0.05, 0) is 0 Å². The molecule has 0 saturated heterocycles. The van der Waals surface area contributed by atoms with E-state index in [9.17, 15) is 22.0 Å². The van der Waals surface area contributed by atoms with Gasteiger partial charge < -0.3 is 10.5 Å². The van der Waals surface area contributed by atoms with Crippen LogP contribution in [0.1, 0.15) is 23.2 Å². The molecule has 0 aromatic carbocycles. The van der Waals surface area contributed by atoms with E-state index in [1.54, 1.807) is 0 Å². The van der Waals surface area contributed by atoms with Crippen molar-refractivity contribution in [1.82, 2.24) is 4.98 Å². The molecule has 18 heavy (non-hydrogen) atoms. The van der Waals surface area contributed by atoms with Crippen LogP contribution in [0.25, 0.3) is 0 Å². The maximum absolute atomic E-state index is 12.6. The van der Waals surface area contributed by atoms with Crippen molar-refractivity contribution in [3.63, 3.8) is 0 Å². The molecule has 0 saturated carbocycles. The van der Waals surface area contributed by atoms with Crippen LogP contribution in [-0.2, 0) is 6.54 Å². The number of hydrogen-bond acceptors (Lipinski definition) is 4. The Labute approximate surface area is 97.8 Å². The molecule has 0 fully saturated rings. The van der Waals surface area contributed by atoms with E-state index in [4.69, 9.17) is 11.0 Å². The SMILES string of the molecule is N#Cc1c(C(F)F)cc(OC(F)(F)F)nc1CN. The molecular weight excluding hydrogens is 261 g/mol. The molecule has 1 aromatic rings. The summed E-state index contributed by atoms with van der Waals surface area (Å²) in [6.07, 6.45) is -8.20. The number of aromatic nitrogens is 1. The predicted octanol–water partition coefficient (Wildman–Crippen LogP) is 2.25. The van der Waals surface area contributed by atoms with Crippen LogP contribution in [0.3, 0.4) is 0 Å². The summed E-state index contributed by atoms with van der Waals surface area (Å²) in [5.41, 5.74) is 3.32. The lowest BCUT2D eigenvalue weighted by Crippen LogP contribution is -2.19. The maximum atomic E-state index is 12.6. The van der Waals surface area contributed by atoms with Crippen molar-refractivity contribution >= 4 is 0 Å².